The first kappa shape index (κ1) is 17.8. The lowest BCUT2D eigenvalue weighted by atomic mass is 9.99. The van der Waals surface area contributed by atoms with E-state index in [0.717, 1.165) is 18.6 Å². The lowest BCUT2D eigenvalue weighted by Crippen LogP contribution is -2.34. The molecule has 1 N–H and O–H groups in total. The van der Waals surface area contributed by atoms with E-state index in [9.17, 15) is 23.1 Å². The van der Waals surface area contributed by atoms with Crippen molar-refractivity contribution >= 4 is 5.91 Å². The fraction of sp³-hybridized carbons (Fsp3) is 0.500. The molecular formula is C18H20F3NO3. The number of aliphatic hydroxyl groups is 1. The quantitative estimate of drug-likeness (QED) is 0.884. The minimum atomic E-state index is -4.45. The van der Waals surface area contributed by atoms with Crippen LogP contribution < -0.4 is 0 Å². The molecule has 1 amide bonds. The number of hydrogen-bond donors (Lipinski definition) is 1. The third-order valence-electron chi connectivity index (χ3n) is 4.71. The van der Waals surface area contributed by atoms with Gasteiger partial charge in [-0.3, -0.25) is 4.79 Å². The average molecular weight is 355 g/mol. The summed E-state index contributed by atoms with van der Waals surface area (Å²) < 4.78 is 44.3. The summed E-state index contributed by atoms with van der Waals surface area (Å²) in [6.45, 7) is 2.39. The number of carbonyl (C=O) groups is 1. The molecule has 136 valence electrons. The van der Waals surface area contributed by atoms with Crippen molar-refractivity contribution in [2.24, 2.45) is 0 Å². The fourth-order valence-electron chi connectivity index (χ4n) is 3.44. The Hall–Kier alpha value is -2.02. The summed E-state index contributed by atoms with van der Waals surface area (Å²) in [5.41, 5.74) is 0.169. The number of benzene rings is 1. The number of amides is 1. The summed E-state index contributed by atoms with van der Waals surface area (Å²) in [7, 11) is 0. The van der Waals surface area contributed by atoms with Gasteiger partial charge in [-0.05, 0) is 43.9 Å². The Balaban J connectivity index is 1.91. The molecule has 1 saturated heterocycles. The van der Waals surface area contributed by atoms with Crippen LogP contribution in [0.4, 0.5) is 13.2 Å². The van der Waals surface area contributed by atoms with Gasteiger partial charge in [-0.25, -0.2) is 0 Å². The van der Waals surface area contributed by atoms with Crippen LogP contribution in [0.3, 0.4) is 0 Å². The van der Waals surface area contributed by atoms with Gasteiger partial charge in [-0.15, -0.1) is 0 Å². The molecule has 2 aliphatic heterocycles. The smallest absolute Gasteiger partial charge is 0.416 e. The van der Waals surface area contributed by atoms with Gasteiger partial charge in [0.05, 0.1) is 29.9 Å². The maximum atomic E-state index is 13.0. The van der Waals surface area contributed by atoms with Crippen LogP contribution >= 0.6 is 0 Å². The van der Waals surface area contributed by atoms with E-state index in [4.69, 9.17) is 4.74 Å². The van der Waals surface area contributed by atoms with E-state index in [2.05, 4.69) is 0 Å². The Labute approximate surface area is 143 Å². The highest BCUT2D eigenvalue weighted by Crippen LogP contribution is 2.37. The number of nitrogens with zero attached hydrogens (tertiary/aromatic N) is 1. The van der Waals surface area contributed by atoms with E-state index in [-0.39, 0.29) is 18.9 Å². The minimum Gasteiger partial charge on any atom is -0.498 e. The van der Waals surface area contributed by atoms with Crippen molar-refractivity contribution < 1.29 is 27.8 Å². The van der Waals surface area contributed by atoms with E-state index >= 15 is 0 Å². The molecule has 1 aromatic carbocycles. The second-order valence-corrected chi connectivity index (χ2v) is 6.47. The van der Waals surface area contributed by atoms with Gasteiger partial charge in [0.1, 0.15) is 5.76 Å². The number of carbonyl (C=O) groups excluding carboxylic acids is 1. The third kappa shape index (κ3) is 3.66. The van der Waals surface area contributed by atoms with Gasteiger partial charge in [0.2, 0.25) is 0 Å². The summed E-state index contributed by atoms with van der Waals surface area (Å²) in [6, 6.07) is 4.38. The molecular weight excluding hydrogens is 335 g/mol. The number of aliphatic hydroxyl groups excluding tert-OH is 1. The molecule has 3 rings (SSSR count). The number of ether oxygens (including phenoxy) is 1. The first-order valence-corrected chi connectivity index (χ1v) is 8.26. The lowest BCUT2D eigenvalue weighted by Gasteiger charge is -2.28. The molecule has 0 aromatic heterocycles. The first-order chi connectivity index (χ1) is 11.8. The standard InChI is InChI=1S/C18H20F3NO3/c1-11-15(6-3-7-25-11)17(24)22-10-14(23)9-16(22)12-4-2-5-13(8-12)18(19,20)21/h2,4-5,8,14,16,23H,3,6-7,9-10H2,1H3/t14-,16+/m0/s1. The topological polar surface area (TPSA) is 49.8 Å². The Morgan fingerprint density at radius 3 is 2.80 bits per heavy atom. The Morgan fingerprint density at radius 1 is 1.36 bits per heavy atom. The van der Waals surface area contributed by atoms with E-state index in [0.29, 0.717) is 29.9 Å². The highest BCUT2D eigenvalue weighted by molar-refractivity contribution is 5.94. The number of alkyl halides is 3. The Kier molecular flexibility index (Phi) is 4.77. The van der Waals surface area contributed by atoms with E-state index < -0.39 is 23.9 Å². The second kappa shape index (κ2) is 6.71. The van der Waals surface area contributed by atoms with Crippen LogP contribution in [0.1, 0.15) is 43.4 Å². The van der Waals surface area contributed by atoms with Crippen molar-refractivity contribution in [2.75, 3.05) is 13.2 Å². The van der Waals surface area contributed by atoms with Crippen LogP contribution in [0.15, 0.2) is 35.6 Å². The lowest BCUT2D eigenvalue weighted by molar-refractivity contribution is -0.137. The van der Waals surface area contributed by atoms with Crippen molar-refractivity contribution in [1.82, 2.24) is 4.90 Å². The van der Waals surface area contributed by atoms with E-state index in [1.807, 2.05) is 0 Å². The zero-order valence-corrected chi connectivity index (χ0v) is 13.8. The molecule has 0 spiro atoms. The molecule has 2 aliphatic rings. The number of hydrogen-bond acceptors (Lipinski definition) is 3. The highest BCUT2D eigenvalue weighted by atomic mass is 19.4. The van der Waals surface area contributed by atoms with Crippen molar-refractivity contribution in [3.63, 3.8) is 0 Å². The predicted octanol–water partition coefficient (Wildman–Crippen LogP) is 3.42. The molecule has 4 nitrogen and oxygen atoms in total. The molecule has 2 atom stereocenters. The maximum Gasteiger partial charge on any atom is 0.416 e. The number of rotatable bonds is 2. The van der Waals surface area contributed by atoms with Gasteiger partial charge in [0.25, 0.3) is 5.91 Å². The Morgan fingerprint density at radius 2 is 2.12 bits per heavy atom. The monoisotopic (exact) mass is 355 g/mol. The number of allylic oxidation sites excluding steroid dienone is 1. The molecule has 0 saturated carbocycles. The zero-order chi connectivity index (χ0) is 18.2. The van der Waals surface area contributed by atoms with Crippen LogP contribution in [0.25, 0.3) is 0 Å². The van der Waals surface area contributed by atoms with Crippen LogP contribution in [0.5, 0.6) is 0 Å². The molecule has 2 heterocycles. The van der Waals surface area contributed by atoms with Crippen molar-refractivity contribution in [2.45, 2.75) is 44.5 Å². The fourth-order valence-corrected chi connectivity index (χ4v) is 3.44. The van der Waals surface area contributed by atoms with Gasteiger partial charge in [0.15, 0.2) is 0 Å². The van der Waals surface area contributed by atoms with Crippen LogP contribution in [0.2, 0.25) is 0 Å². The summed E-state index contributed by atoms with van der Waals surface area (Å²) in [5.74, 6) is 0.289. The van der Waals surface area contributed by atoms with E-state index in [1.54, 1.807) is 13.0 Å². The molecule has 0 aliphatic carbocycles. The highest BCUT2D eigenvalue weighted by Gasteiger charge is 2.38. The molecule has 1 aromatic rings. The largest absolute Gasteiger partial charge is 0.498 e. The maximum absolute atomic E-state index is 13.0. The molecule has 0 radical (unpaired) electrons. The summed E-state index contributed by atoms with van der Waals surface area (Å²) in [4.78, 5) is 14.3. The molecule has 25 heavy (non-hydrogen) atoms. The van der Waals surface area contributed by atoms with Crippen LogP contribution in [0, 0.1) is 0 Å². The predicted molar refractivity (Wildman–Crippen MR) is 84.4 cm³/mol. The van der Waals surface area contributed by atoms with Gasteiger partial charge in [0, 0.05) is 6.54 Å². The first-order valence-electron chi connectivity index (χ1n) is 8.26. The summed E-state index contributed by atoms with van der Waals surface area (Å²) in [6.07, 6.45) is -3.68. The number of β-amino-alcohol motifs (C(OH)–C–C–N with tert-alkyl or cyclic N) is 1. The molecule has 7 heteroatoms. The van der Waals surface area contributed by atoms with Gasteiger partial charge in [-0.1, -0.05) is 12.1 Å². The SMILES string of the molecule is CC1=C(C(=O)N2C[C@@H](O)C[C@@H]2c2cccc(C(F)(F)F)c2)CCCO1. The molecule has 0 bridgehead atoms. The Bertz CT molecular complexity index is 699. The van der Waals surface area contributed by atoms with Crippen LogP contribution in [-0.2, 0) is 15.7 Å². The second-order valence-electron chi connectivity index (χ2n) is 6.47. The number of likely N-dealkylation sites (tertiary alicyclic amines) is 1. The van der Waals surface area contributed by atoms with Gasteiger partial charge >= 0.3 is 6.18 Å². The van der Waals surface area contributed by atoms with Crippen molar-refractivity contribution in [3.8, 4) is 0 Å². The van der Waals surface area contributed by atoms with Crippen LogP contribution in [-0.4, -0.2) is 35.2 Å². The van der Waals surface area contributed by atoms with Crippen molar-refractivity contribution in [3.05, 3.63) is 46.7 Å². The third-order valence-corrected chi connectivity index (χ3v) is 4.71. The molecule has 1 fully saturated rings. The summed E-state index contributed by atoms with van der Waals surface area (Å²) >= 11 is 0. The molecule has 0 unspecified atom stereocenters. The summed E-state index contributed by atoms with van der Waals surface area (Å²) in [5, 5.41) is 10.0. The van der Waals surface area contributed by atoms with Gasteiger partial charge < -0.3 is 14.7 Å². The normalized spacial score (nSPS) is 24.4. The minimum absolute atomic E-state index is 0.108. The van der Waals surface area contributed by atoms with Crippen molar-refractivity contribution in [1.29, 1.82) is 0 Å². The average Bonchev–Trinajstić information content (AvgIpc) is 2.96. The zero-order valence-electron chi connectivity index (χ0n) is 13.8. The van der Waals surface area contributed by atoms with E-state index in [1.165, 1.54) is 11.0 Å². The van der Waals surface area contributed by atoms with Gasteiger partial charge in [-0.2, -0.15) is 13.2 Å². The number of halogens is 3.